The van der Waals surface area contributed by atoms with Crippen molar-refractivity contribution in [1.82, 2.24) is 0 Å². The standard InChI is InChI=1S/C9H14ClNO2/c1-5-13-9(12)7(3)6(2)8(10)11-4/h5H2,1-4H3/b7-6-,11-8?. The second kappa shape index (κ2) is 5.75. The zero-order chi connectivity index (χ0) is 10.4. The molecular formula is C9H14ClNO2. The zero-order valence-corrected chi connectivity index (χ0v) is 9.10. The van der Waals surface area contributed by atoms with E-state index in [1.807, 2.05) is 0 Å². The van der Waals surface area contributed by atoms with Crippen molar-refractivity contribution in [3.63, 3.8) is 0 Å². The fourth-order valence-corrected chi connectivity index (χ4v) is 0.857. The number of carbonyl (C=O) groups is 1. The molecule has 74 valence electrons. The Balaban J connectivity index is 4.71. The molecule has 0 aliphatic carbocycles. The Morgan fingerprint density at radius 3 is 2.31 bits per heavy atom. The van der Waals surface area contributed by atoms with Crippen molar-refractivity contribution in [3.05, 3.63) is 11.1 Å². The van der Waals surface area contributed by atoms with E-state index in [-0.39, 0.29) is 5.97 Å². The number of carbonyl (C=O) groups excluding carboxylic acids is 1. The zero-order valence-electron chi connectivity index (χ0n) is 8.35. The highest BCUT2D eigenvalue weighted by Crippen LogP contribution is 2.10. The fourth-order valence-electron chi connectivity index (χ4n) is 0.715. The van der Waals surface area contributed by atoms with Gasteiger partial charge < -0.3 is 4.74 Å². The average Bonchev–Trinajstić information content (AvgIpc) is 2.14. The van der Waals surface area contributed by atoms with E-state index in [4.69, 9.17) is 16.3 Å². The minimum atomic E-state index is -0.346. The predicted molar refractivity (Wildman–Crippen MR) is 54.2 cm³/mol. The molecule has 0 bridgehead atoms. The van der Waals surface area contributed by atoms with Gasteiger partial charge in [0, 0.05) is 12.6 Å². The second-order valence-electron chi connectivity index (χ2n) is 2.48. The lowest BCUT2D eigenvalue weighted by Gasteiger charge is -2.04. The Hall–Kier alpha value is -0.830. The molecular weight excluding hydrogens is 190 g/mol. The maximum absolute atomic E-state index is 11.2. The van der Waals surface area contributed by atoms with Crippen molar-refractivity contribution >= 4 is 22.7 Å². The first-order chi connectivity index (χ1) is 6.04. The van der Waals surface area contributed by atoms with Gasteiger partial charge in [0.1, 0.15) is 5.17 Å². The van der Waals surface area contributed by atoms with E-state index in [0.29, 0.717) is 22.9 Å². The van der Waals surface area contributed by atoms with Crippen LogP contribution in [0.5, 0.6) is 0 Å². The van der Waals surface area contributed by atoms with E-state index in [2.05, 4.69) is 4.99 Å². The number of rotatable bonds is 3. The third-order valence-electron chi connectivity index (χ3n) is 1.65. The van der Waals surface area contributed by atoms with Gasteiger partial charge in [-0.1, -0.05) is 11.6 Å². The van der Waals surface area contributed by atoms with Gasteiger partial charge in [-0.3, -0.25) is 4.99 Å². The molecule has 0 rings (SSSR count). The molecule has 0 saturated heterocycles. The molecule has 0 atom stereocenters. The maximum Gasteiger partial charge on any atom is 0.334 e. The molecule has 0 saturated carbocycles. The molecule has 0 aliphatic heterocycles. The summed E-state index contributed by atoms with van der Waals surface area (Å²) in [5.74, 6) is -0.346. The minimum absolute atomic E-state index is 0.338. The van der Waals surface area contributed by atoms with Crippen LogP contribution in [0.1, 0.15) is 20.8 Å². The number of aliphatic imine (C=N–C) groups is 1. The van der Waals surface area contributed by atoms with Crippen LogP contribution in [0.4, 0.5) is 0 Å². The van der Waals surface area contributed by atoms with Crippen LogP contribution >= 0.6 is 11.6 Å². The molecule has 0 aromatic heterocycles. The molecule has 0 unspecified atom stereocenters. The van der Waals surface area contributed by atoms with Crippen molar-refractivity contribution in [1.29, 1.82) is 0 Å². The lowest BCUT2D eigenvalue weighted by Crippen LogP contribution is -2.09. The van der Waals surface area contributed by atoms with Gasteiger partial charge in [0.15, 0.2) is 0 Å². The van der Waals surface area contributed by atoms with Crippen LogP contribution in [0.15, 0.2) is 16.1 Å². The van der Waals surface area contributed by atoms with Crippen molar-refractivity contribution in [2.75, 3.05) is 13.7 Å². The van der Waals surface area contributed by atoms with Crippen LogP contribution in [0.3, 0.4) is 0 Å². The van der Waals surface area contributed by atoms with Gasteiger partial charge in [0.25, 0.3) is 0 Å². The number of hydrogen-bond donors (Lipinski definition) is 0. The summed E-state index contributed by atoms with van der Waals surface area (Å²) in [5.41, 5.74) is 1.15. The number of nitrogens with zero attached hydrogens (tertiary/aromatic N) is 1. The minimum Gasteiger partial charge on any atom is -0.463 e. The van der Waals surface area contributed by atoms with Crippen molar-refractivity contribution < 1.29 is 9.53 Å². The Labute approximate surface area is 83.4 Å². The van der Waals surface area contributed by atoms with Crippen LogP contribution in [0.25, 0.3) is 0 Å². The lowest BCUT2D eigenvalue weighted by molar-refractivity contribution is -0.138. The topological polar surface area (TPSA) is 38.7 Å². The Morgan fingerprint density at radius 2 is 1.92 bits per heavy atom. The van der Waals surface area contributed by atoms with Gasteiger partial charge in [-0.2, -0.15) is 0 Å². The van der Waals surface area contributed by atoms with Crippen LogP contribution in [0.2, 0.25) is 0 Å². The number of ether oxygens (including phenoxy) is 1. The third-order valence-corrected chi connectivity index (χ3v) is 2.10. The van der Waals surface area contributed by atoms with E-state index in [1.165, 1.54) is 0 Å². The van der Waals surface area contributed by atoms with Gasteiger partial charge in [-0.05, 0) is 26.3 Å². The number of hydrogen-bond acceptors (Lipinski definition) is 3. The summed E-state index contributed by atoms with van der Waals surface area (Å²) in [6.07, 6.45) is 0. The molecule has 0 heterocycles. The molecule has 0 N–H and O–H groups in total. The number of esters is 1. The molecule has 3 nitrogen and oxygen atoms in total. The highest BCUT2D eigenvalue weighted by molar-refractivity contribution is 6.69. The molecule has 0 aromatic carbocycles. The van der Waals surface area contributed by atoms with E-state index in [9.17, 15) is 4.79 Å². The third kappa shape index (κ3) is 3.59. The second-order valence-corrected chi connectivity index (χ2v) is 2.84. The summed E-state index contributed by atoms with van der Waals surface area (Å²) in [6.45, 7) is 5.53. The van der Waals surface area contributed by atoms with E-state index in [0.717, 1.165) is 0 Å². The van der Waals surface area contributed by atoms with Gasteiger partial charge >= 0.3 is 5.97 Å². The molecule has 0 radical (unpaired) electrons. The van der Waals surface area contributed by atoms with E-state index >= 15 is 0 Å². The first kappa shape index (κ1) is 12.2. The first-order valence-electron chi connectivity index (χ1n) is 4.01. The van der Waals surface area contributed by atoms with Crippen LogP contribution in [-0.2, 0) is 9.53 Å². The normalized spacial score (nSPS) is 13.8. The fraction of sp³-hybridized carbons (Fsp3) is 0.556. The first-order valence-corrected chi connectivity index (χ1v) is 4.39. The number of allylic oxidation sites excluding steroid dienone is 1. The van der Waals surface area contributed by atoms with Crippen LogP contribution in [-0.4, -0.2) is 24.8 Å². The number of halogens is 1. The van der Waals surface area contributed by atoms with Crippen molar-refractivity contribution in [2.45, 2.75) is 20.8 Å². The van der Waals surface area contributed by atoms with Crippen LogP contribution in [0, 0.1) is 0 Å². The highest BCUT2D eigenvalue weighted by Gasteiger charge is 2.10. The van der Waals surface area contributed by atoms with Crippen molar-refractivity contribution in [3.8, 4) is 0 Å². The summed E-state index contributed by atoms with van der Waals surface area (Å²) in [7, 11) is 1.57. The van der Waals surface area contributed by atoms with E-state index in [1.54, 1.807) is 27.8 Å². The van der Waals surface area contributed by atoms with E-state index < -0.39 is 0 Å². The molecule has 0 aromatic rings. The quantitative estimate of drug-likeness (QED) is 0.401. The molecule has 0 spiro atoms. The smallest absolute Gasteiger partial charge is 0.334 e. The van der Waals surface area contributed by atoms with Gasteiger partial charge in [0.2, 0.25) is 0 Å². The lowest BCUT2D eigenvalue weighted by atomic mass is 10.2. The summed E-state index contributed by atoms with van der Waals surface area (Å²) in [5, 5.41) is 0.338. The average molecular weight is 204 g/mol. The Kier molecular flexibility index (Phi) is 5.39. The maximum atomic E-state index is 11.2. The van der Waals surface area contributed by atoms with Gasteiger partial charge in [-0.15, -0.1) is 0 Å². The molecule has 13 heavy (non-hydrogen) atoms. The molecule has 0 aliphatic rings. The molecule has 0 fully saturated rings. The monoisotopic (exact) mass is 203 g/mol. The summed E-state index contributed by atoms with van der Waals surface area (Å²) in [4.78, 5) is 15.0. The van der Waals surface area contributed by atoms with Gasteiger partial charge in [-0.25, -0.2) is 4.79 Å². The van der Waals surface area contributed by atoms with Crippen molar-refractivity contribution in [2.24, 2.45) is 4.99 Å². The van der Waals surface area contributed by atoms with Crippen LogP contribution < -0.4 is 0 Å². The SMILES string of the molecule is CCOC(=O)/C(C)=C(/C)C(Cl)=NC. The molecule has 4 heteroatoms. The predicted octanol–water partition coefficient (Wildman–Crippen LogP) is 2.15. The summed E-state index contributed by atoms with van der Waals surface area (Å²) in [6, 6.07) is 0. The Morgan fingerprint density at radius 1 is 1.38 bits per heavy atom. The summed E-state index contributed by atoms with van der Waals surface area (Å²) >= 11 is 5.74. The van der Waals surface area contributed by atoms with Gasteiger partial charge in [0.05, 0.1) is 6.61 Å². The molecule has 0 amide bonds. The largest absolute Gasteiger partial charge is 0.463 e. The highest BCUT2D eigenvalue weighted by atomic mass is 35.5. The summed E-state index contributed by atoms with van der Waals surface area (Å²) < 4.78 is 4.81. The Bertz CT molecular complexity index is 256.